The summed E-state index contributed by atoms with van der Waals surface area (Å²) in [5, 5.41) is 3.93. The molecule has 1 N–H and O–H groups in total. The Bertz CT molecular complexity index is 462. The van der Waals surface area contributed by atoms with Crippen molar-refractivity contribution in [3.63, 3.8) is 0 Å². The predicted octanol–water partition coefficient (Wildman–Crippen LogP) is 2.49. The molecule has 0 spiro atoms. The Labute approximate surface area is 99.0 Å². The van der Waals surface area contributed by atoms with Crippen LogP contribution in [0.25, 0.3) is 0 Å². The molecule has 1 aromatic rings. The summed E-state index contributed by atoms with van der Waals surface area (Å²) in [5.41, 5.74) is 0. The van der Waals surface area contributed by atoms with Gasteiger partial charge < -0.3 is 5.32 Å². The van der Waals surface area contributed by atoms with E-state index in [0.717, 1.165) is 11.4 Å². The molecule has 2 atom stereocenters. The van der Waals surface area contributed by atoms with Crippen molar-refractivity contribution in [1.29, 1.82) is 0 Å². The van der Waals surface area contributed by atoms with Crippen LogP contribution in [0.3, 0.4) is 0 Å². The van der Waals surface area contributed by atoms with Crippen LogP contribution >= 0.6 is 22.9 Å². The molecule has 0 bridgehead atoms. The Morgan fingerprint density at radius 3 is 3.00 bits per heavy atom. The maximum absolute atomic E-state index is 12.3. The molecule has 15 heavy (non-hydrogen) atoms. The lowest BCUT2D eigenvalue weighted by Crippen LogP contribution is -2.25. The lowest BCUT2D eigenvalue weighted by Gasteiger charge is -2.04. The first-order chi connectivity index (χ1) is 7.11. The highest BCUT2D eigenvalue weighted by Gasteiger charge is 2.25. The smallest absolute Gasteiger partial charge is 0.127 e. The number of nitrogens with one attached hydrogen (secondary N) is 1. The molecule has 0 amide bonds. The van der Waals surface area contributed by atoms with Crippen LogP contribution in [-0.2, 0) is 9.73 Å². The van der Waals surface area contributed by atoms with Gasteiger partial charge >= 0.3 is 0 Å². The first kappa shape index (κ1) is 11.4. The molecule has 1 fully saturated rings. The normalized spacial score (nSPS) is 30.7. The Balaban J connectivity index is 2.24. The largest absolute Gasteiger partial charge is 0.316 e. The molecule has 6 heteroatoms. The number of hydrogen-bond donors (Lipinski definition) is 1. The molecular formula is C9H13ClN2OS2. The van der Waals surface area contributed by atoms with E-state index in [9.17, 15) is 4.21 Å². The van der Waals surface area contributed by atoms with Crippen LogP contribution < -0.4 is 5.32 Å². The quantitative estimate of drug-likeness (QED) is 0.892. The number of hydrogen-bond acceptors (Lipinski definition) is 4. The summed E-state index contributed by atoms with van der Waals surface area (Å²) in [6, 6.07) is 3.96. The van der Waals surface area contributed by atoms with Crippen LogP contribution in [0.15, 0.2) is 16.5 Å². The summed E-state index contributed by atoms with van der Waals surface area (Å²) in [4.78, 5) is 0. The molecule has 0 aromatic carbocycles. The van der Waals surface area contributed by atoms with Crippen LogP contribution in [0.2, 0.25) is 4.34 Å². The van der Waals surface area contributed by atoms with E-state index in [1.54, 1.807) is 6.07 Å². The van der Waals surface area contributed by atoms with E-state index in [-0.39, 0.29) is 0 Å². The minimum absolute atomic E-state index is 0.344. The molecule has 3 nitrogen and oxygen atoms in total. The van der Waals surface area contributed by atoms with Gasteiger partial charge in [-0.1, -0.05) is 11.6 Å². The summed E-state index contributed by atoms with van der Waals surface area (Å²) in [6.07, 6.45) is 0.942. The predicted molar refractivity (Wildman–Crippen MR) is 66.8 cm³/mol. The van der Waals surface area contributed by atoms with Crippen LogP contribution in [0, 0.1) is 0 Å². The third-order valence-electron chi connectivity index (χ3n) is 2.47. The summed E-state index contributed by atoms with van der Waals surface area (Å²) in [6.45, 7) is 0. The van der Waals surface area contributed by atoms with Crippen molar-refractivity contribution in [1.82, 2.24) is 5.32 Å². The van der Waals surface area contributed by atoms with E-state index in [1.165, 1.54) is 11.3 Å². The number of nitrogens with zero attached hydrogens (tertiary/aromatic N) is 1. The zero-order valence-corrected chi connectivity index (χ0v) is 10.8. The van der Waals surface area contributed by atoms with Crippen molar-refractivity contribution in [2.45, 2.75) is 12.5 Å². The molecule has 0 aliphatic carbocycles. The second kappa shape index (κ2) is 4.41. The Morgan fingerprint density at radius 2 is 2.47 bits per heavy atom. The Kier molecular flexibility index (Phi) is 3.35. The van der Waals surface area contributed by atoms with E-state index < -0.39 is 9.73 Å². The van der Waals surface area contributed by atoms with E-state index in [4.69, 9.17) is 11.6 Å². The summed E-state index contributed by atoms with van der Waals surface area (Å²) in [7, 11) is -0.140. The summed E-state index contributed by atoms with van der Waals surface area (Å²) < 4.78 is 17.3. The first-order valence-electron chi connectivity index (χ1n) is 4.76. The fourth-order valence-electron chi connectivity index (χ4n) is 1.64. The zero-order chi connectivity index (χ0) is 10.9. The average Bonchev–Trinajstić information content (AvgIpc) is 2.74. The topological polar surface area (TPSA) is 41.5 Å². The lowest BCUT2D eigenvalue weighted by molar-refractivity contribution is 0.622. The van der Waals surface area contributed by atoms with Crippen molar-refractivity contribution < 1.29 is 4.21 Å². The van der Waals surface area contributed by atoms with Crippen molar-refractivity contribution in [2.24, 2.45) is 4.36 Å². The number of thiophene rings is 1. The molecule has 2 rings (SSSR count). The number of rotatable bonds is 2. The summed E-state index contributed by atoms with van der Waals surface area (Å²) in [5.74, 6) is 1.34. The highest BCUT2D eigenvalue weighted by molar-refractivity contribution is 7.94. The molecule has 0 saturated carbocycles. The van der Waals surface area contributed by atoms with Gasteiger partial charge in [0.1, 0.15) is 5.00 Å². The van der Waals surface area contributed by atoms with Gasteiger partial charge in [-0.3, -0.25) is 0 Å². The SMILES string of the molecule is CNC1CCS(=O)(=Nc2ccc(Cl)s2)C1. The van der Waals surface area contributed by atoms with Crippen LogP contribution in [0.5, 0.6) is 0 Å². The minimum atomic E-state index is -2.04. The highest BCUT2D eigenvalue weighted by Crippen LogP contribution is 2.31. The second-order valence-electron chi connectivity index (χ2n) is 3.59. The maximum atomic E-state index is 12.3. The molecule has 1 aliphatic heterocycles. The van der Waals surface area contributed by atoms with Crippen molar-refractivity contribution in [3.05, 3.63) is 16.5 Å². The molecule has 1 aliphatic rings. The fourth-order valence-corrected chi connectivity index (χ4v) is 5.30. The van der Waals surface area contributed by atoms with Gasteiger partial charge in [-0.05, 0) is 25.6 Å². The van der Waals surface area contributed by atoms with Gasteiger partial charge in [0.25, 0.3) is 0 Å². The Hall–Kier alpha value is -0.100. The van der Waals surface area contributed by atoms with Gasteiger partial charge in [-0.25, -0.2) is 4.21 Å². The number of halogens is 1. The van der Waals surface area contributed by atoms with Gasteiger partial charge in [0.05, 0.1) is 14.1 Å². The fraction of sp³-hybridized carbons (Fsp3) is 0.556. The lowest BCUT2D eigenvalue weighted by atomic mass is 10.3. The van der Waals surface area contributed by atoms with Gasteiger partial charge in [0, 0.05) is 17.5 Å². The van der Waals surface area contributed by atoms with Gasteiger partial charge in [0.2, 0.25) is 0 Å². The standard InChI is InChI=1S/C9H13ClN2OS2/c1-11-7-4-5-15(13,6-7)12-9-3-2-8(10)14-9/h2-3,7,11H,4-6H2,1H3. The second-order valence-corrected chi connectivity index (χ2v) is 7.75. The van der Waals surface area contributed by atoms with E-state index in [2.05, 4.69) is 9.68 Å². The van der Waals surface area contributed by atoms with Crippen molar-refractivity contribution >= 4 is 37.7 Å². The summed E-state index contributed by atoms with van der Waals surface area (Å²) >= 11 is 7.18. The Morgan fingerprint density at radius 1 is 1.67 bits per heavy atom. The zero-order valence-electron chi connectivity index (χ0n) is 8.40. The van der Waals surface area contributed by atoms with E-state index in [1.807, 2.05) is 13.1 Å². The van der Waals surface area contributed by atoms with E-state index in [0.29, 0.717) is 21.9 Å². The maximum Gasteiger partial charge on any atom is 0.127 e. The van der Waals surface area contributed by atoms with Gasteiger partial charge in [-0.2, -0.15) is 4.36 Å². The third kappa shape index (κ3) is 2.72. The molecule has 1 aromatic heterocycles. The van der Waals surface area contributed by atoms with Crippen LogP contribution in [0.4, 0.5) is 5.00 Å². The molecule has 1 saturated heterocycles. The van der Waals surface area contributed by atoms with Gasteiger partial charge in [-0.15, -0.1) is 11.3 Å². The molecule has 84 valence electrons. The van der Waals surface area contributed by atoms with Crippen LogP contribution in [0.1, 0.15) is 6.42 Å². The molecule has 2 heterocycles. The van der Waals surface area contributed by atoms with Crippen molar-refractivity contribution in [2.75, 3.05) is 18.6 Å². The first-order valence-corrected chi connectivity index (χ1v) is 7.81. The van der Waals surface area contributed by atoms with Gasteiger partial charge in [0.15, 0.2) is 0 Å². The molecular weight excluding hydrogens is 252 g/mol. The molecule has 2 unspecified atom stereocenters. The van der Waals surface area contributed by atoms with Crippen molar-refractivity contribution in [3.8, 4) is 0 Å². The van der Waals surface area contributed by atoms with E-state index >= 15 is 0 Å². The molecule has 0 radical (unpaired) electrons. The van der Waals surface area contributed by atoms with Crippen LogP contribution in [-0.4, -0.2) is 28.8 Å². The minimum Gasteiger partial charge on any atom is -0.316 e. The monoisotopic (exact) mass is 264 g/mol. The highest BCUT2D eigenvalue weighted by atomic mass is 35.5. The average molecular weight is 265 g/mol. The third-order valence-corrected chi connectivity index (χ3v) is 6.04.